The maximum absolute atomic E-state index is 10.9. The summed E-state index contributed by atoms with van der Waals surface area (Å²) in [6, 6.07) is -0.562. The van der Waals surface area contributed by atoms with Gasteiger partial charge in [-0.15, -0.1) is 0 Å². The molecule has 1 aromatic heterocycles. The first-order chi connectivity index (χ1) is 8.04. The Labute approximate surface area is 96.8 Å². The Balaban J connectivity index is 2.28. The first-order valence-electron chi connectivity index (χ1n) is 5.05. The Morgan fingerprint density at radius 2 is 2.24 bits per heavy atom. The van der Waals surface area contributed by atoms with E-state index in [0.717, 1.165) is 0 Å². The van der Waals surface area contributed by atoms with E-state index in [1.807, 2.05) is 0 Å². The topological polar surface area (TPSA) is 122 Å². The van der Waals surface area contributed by atoms with Crippen molar-refractivity contribution in [1.29, 1.82) is 0 Å². The van der Waals surface area contributed by atoms with Crippen molar-refractivity contribution in [1.82, 2.24) is 9.55 Å². The molecule has 0 aliphatic heterocycles. The summed E-state index contributed by atoms with van der Waals surface area (Å²) in [4.78, 5) is 14.6. The number of primary amides is 1. The van der Waals surface area contributed by atoms with Gasteiger partial charge in [0.05, 0.1) is 19.0 Å². The van der Waals surface area contributed by atoms with Crippen LogP contribution in [0.2, 0.25) is 0 Å². The van der Waals surface area contributed by atoms with E-state index in [-0.39, 0.29) is 12.3 Å². The third-order valence-corrected chi connectivity index (χ3v) is 2.82. The van der Waals surface area contributed by atoms with Crippen molar-refractivity contribution in [3.05, 3.63) is 29.9 Å². The van der Waals surface area contributed by atoms with Crippen molar-refractivity contribution in [3.8, 4) is 0 Å². The van der Waals surface area contributed by atoms with Crippen LogP contribution >= 0.6 is 0 Å². The molecule has 0 saturated carbocycles. The summed E-state index contributed by atoms with van der Waals surface area (Å²) in [6.07, 6.45) is 2.09. The monoisotopic (exact) mass is 239 g/mol. The van der Waals surface area contributed by atoms with Crippen LogP contribution in [-0.2, 0) is 0 Å². The van der Waals surface area contributed by atoms with E-state index in [9.17, 15) is 15.0 Å². The van der Waals surface area contributed by atoms with Crippen LogP contribution in [0.4, 0.5) is 0 Å². The average Bonchev–Trinajstić information content (AvgIpc) is 2.87. The van der Waals surface area contributed by atoms with Gasteiger partial charge < -0.3 is 25.6 Å². The zero-order valence-electron chi connectivity index (χ0n) is 8.89. The van der Waals surface area contributed by atoms with Crippen molar-refractivity contribution in [3.63, 3.8) is 0 Å². The van der Waals surface area contributed by atoms with E-state index in [0.29, 0.717) is 5.57 Å². The first-order valence-corrected chi connectivity index (χ1v) is 5.05. The molecule has 17 heavy (non-hydrogen) atoms. The fourth-order valence-corrected chi connectivity index (χ4v) is 1.86. The maximum Gasteiger partial charge on any atom is 0.268 e. The summed E-state index contributed by atoms with van der Waals surface area (Å²) in [7, 11) is 0. The molecule has 1 aliphatic carbocycles. The molecule has 1 aliphatic rings. The molecule has 7 heteroatoms. The van der Waals surface area contributed by atoms with E-state index < -0.39 is 24.2 Å². The number of aliphatic hydroxyl groups is 3. The van der Waals surface area contributed by atoms with Gasteiger partial charge in [0.15, 0.2) is 0 Å². The van der Waals surface area contributed by atoms with Crippen LogP contribution in [0.1, 0.15) is 16.5 Å². The molecule has 0 aromatic carbocycles. The molecule has 1 heterocycles. The van der Waals surface area contributed by atoms with Crippen LogP contribution in [0.25, 0.3) is 0 Å². The van der Waals surface area contributed by atoms with Crippen LogP contribution in [-0.4, -0.2) is 49.6 Å². The van der Waals surface area contributed by atoms with Gasteiger partial charge in [-0.05, 0) is 5.57 Å². The smallest absolute Gasteiger partial charge is 0.268 e. The Morgan fingerprint density at radius 1 is 1.53 bits per heavy atom. The molecule has 0 bridgehead atoms. The minimum Gasteiger partial charge on any atom is -0.392 e. The quantitative estimate of drug-likeness (QED) is 0.462. The van der Waals surface area contributed by atoms with Gasteiger partial charge in [-0.1, -0.05) is 6.08 Å². The minimum atomic E-state index is -1.11. The standard InChI is InChI=1S/C10H13N3O4/c11-10(17)6-2-13(4-12-6)7-1-5(3-14)8(15)9(7)16/h1-2,4,7-9,14-16H,3H2,(H2,11,17)/t7-,8-,9+/m1/s1. The molecule has 0 radical (unpaired) electrons. The number of amides is 1. The number of nitrogens with two attached hydrogens (primary N) is 1. The molecule has 1 aromatic rings. The third-order valence-electron chi connectivity index (χ3n) is 2.82. The van der Waals surface area contributed by atoms with Crippen molar-refractivity contribution in [2.45, 2.75) is 18.2 Å². The lowest BCUT2D eigenvalue weighted by molar-refractivity contribution is 0.0281. The number of carbonyl (C=O) groups is 1. The molecule has 3 atom stereocenters. The van der Waals surface area contributed by atoms with Crippen LogP contribution < -0.4 is 5.73 Å². The van der Waals surface area contributed by atoms with E-state index in [1.54, 1.807) is 6.08 Å². The largest absolute Gasteiger partial charge is 0.392 e. The van der Waals surface area contributed by atoms with Crippen LogP contribution in [0.3, 0.4) is 0 Å². The number of hydrogen-bond donors (Lipinski definition) is 4. The van der Waals surface area contributed by atoms with Gasteiger partial charge in [-0.3, -0.25) is 4.79 Å². The highest BCUT2D eigenvalue weighted by molar-refractivity contribution is 5.90. The number of hydrogen-bond acceptors (Lipinski definition) is 5. The van der Waals surface area contributed by atoms with Gasteiger partial charge in [0.1, 0.15) is 17.9 Å². The summed E-state index contributed by atoms with van der Waals surface area (Å²) >= 11 is 0. The SMILES string of the molecule is NC(=O)c1cn([C@@H]2C=C(CO)[C@@H](O)[C@H]2O)cn1. The number of rotatable bonds is 3. The molecule has 0 unspecified atom stereocenters. The number of nitrogens with zero attached hydrogens (tertiary/aromatic N) is 2. The van der Waals surface area contributed by atoms with E-state index >= 15 is 0 Å². The van der Waals surface area contributed by atoms with Crippen LogP contribution in [0.5, 0.6) is 0 Å². The van der Waals surface area contributed by atoms with Crippen molar-refractivity contribution in [2.75, 3.05) is 6.61 Å². The van der Waals surface area contributed by atoms with Gasteiger partial charge in [-0.25, -0.2) is 4.98 Å². The van der Waals surface area contributed by atoms with Crippen molar-refractivity contribution < 1.29 is 20.1 Å². The molecule has 92 valence electrons. The second-order valence-electron chi connectivity index (χ2n) is 3.90. The Bertz CT molecular complexity index is 468. The van der Waals surface area contributed by atoms with Crippen LogP contribution in [0.15, 0.2) is 24.2 Å². The molecule has 0 saturated heterocycles. The molecular weight excluding hydrogens is 226 g/mol. The maximum atomic E-state index is 10.9. The normalized spacial score (nSPS) is 28.2. The summed E-state index contributed by atoms with van der Waals surface area (Å²) < 4.78 is 1.47. The van der Waals surface area contributed by atoms with Gasteiger partial charge in [0.25, 0.3) is 5.91 Å². The van der Waals surface area contributed by atoms with Crippen molar-refractivity contribution >= 4 is 5.91 Å². The van der Waals surface area contributed by atoms with Crippen molar-refractivity contribution in [2.24, 2.45) is 5.73 Å². The molecular formula is C10H13N3O4. The molecule has 0 spiro atoms. The highest BCUT2D eigenvalue weighted by atomic mass is 16.3. The third kappa shape index (κ3) is 1.95. The number of aromatic nitrogens is 2. The Morgan fingerprint density at radius 3 is 2.71 bits per heavy atom. The summed E-state index contributed by atoms with van der Waals surface area (Å²) in [6.45, 7) is -0.327. The zero-order valence-corrected chi connectivity index (χ0v) is 8.89. The summed E-state index contributed by atoms with van der Waals surface area (Å²) in [5, 5.41) is 28.4. The molecule has 5 N–H and O–H groups in total. The molecule has 1 amide bonds. The van der Waals surface area contributed by atoms with Gasteiger partial charge in [0, 0.05) is 6.20 Å². The van der Waals surface area contributed by atoms with Crippen LogP contribution in [0, 0.1) is 0 Å². The zero-order chi connectivity index (χ0) is 12.6. The second kappa shape index (κ2) is 4.28. The highest BCUT2D eigenvalue weighted by Crippen LogP contribution is 2.29. The van der Waals surface area contributed by atoms with E-state index in [2.05, 4.69) is 4.98 Å². The Kier molecular flexibility index (Phi) is 2.97. The first kappa shape index (κ1) is 11.8. The molecule has 7 nitrogen and oxygen atoms in total. The van der Waals surface area contributed by atoms with Gasteiger partial charge in [0.2, 0.25) is 0 Å². The molecule has 0 fully saturated rings. The Hall–Kier alpha value is -1.70. The highest BCUT2D eigenvalue weighted by Gasteiger charge is 2.35. The minimum absolute atomic E-state index is 0.0811. The average molecular weight is 239 g/mol. The fraction of sp³-hybridized carbons (Fsp3) is 0.400. The van der Waals surface area contributed by atoms with Gasteiger partial charge in [-0.2, -0.15) is 0 Å². The summed E-state index contributed by atoms with van der Waals surface area (Å²) in [5.41, 5.74) is 5.48. The molecule has 2 rings (SSSR count). The predicted molar refractivity (Wildman–Crippen MR) is 57.0 cm³/mol. The lowest BCUT2D eigenvalue weighted by Gasteiger charge is -2.18. The van der Waals surface area contributed by atoms with E-state index in [1.165, 1.54) is 17.1 Å². The second-order valence-corrected chi connectivity index (χ2v) is 3.90. The lowest BCUT2D eigenvalue weighted by atomic mass is 10.1. The number of imidazole rings is 1. The predicted octanol–water partition coefficient (Wildman–Crippen LogP) is -1.82. The summed E-state index contributed by atoms with van der Waals surface area (Å²) in [5.74, 6) is -0.664. The van der Waals surface area contributed by atoms with Gasteiger partial charge >= 0.3 is 0 Å². The number of aliphatic hydroxyl groups excluding tert-OH is 3. The lowest BCUT2D eigenvalue weighted by Crippen LogP contribution is -2.29. The number of carbonyl (C=O) groups excluding carboxylic acids is 1. The van der Waals surface area contributed by atoms with E-state index in [4.69, 9.17) is 10.8 Å². The fourth-order valence-electron chi connectivity index (χ4n) is 1.86.